The molecule has 0 aliphatic heterocycles. The fourth-order valence-electron chi connectivity index (χ4n) is 4.62. The van der Waals surface area contributed by atoms with Crippen molar-refractivity contribution in [2.75, 3.05) is 12.3 Å². The van der Waals surface area contributed by atoms with E-state index in [1.54, 1.807) is 28.8 Å². The average Bonchev–Trinajstić information content (AvgIpc) is 3.67. The highest BCUT2D eigenvalue weighted by Gasteiger charge is 2.42. The van der Waals surface area contributed by atoms with Crippen LogP contribution < -0.4 is 15.3 Å². The molecule has 1 saturated carbocycles. The highest BCUT2D eigenvalue weighted by Crippen LogP contribution is 2.50. The van der Waals surface area contributed by atoms with E-state index in [4.69, 9.17) is 36.1 Å². The topological polar surface area (TPSA) is 134 Å². The van der Waals surface area contributed by atoms with Gasteiger partial charge in [0.15, 0.2) is 11.6 Å². The number of aromatic nitrogens is 3. The van der Waals surface area contributed by atoms with Gasteiger partial charge >= 0.3 is 7.75 Å². The van der Waals surface area contributed by atoms with E-state index in [1.165, 1.54) is 6.92 Å². The second kappa shape index (κ2) is 11.0. The molecule has 2 unspecified atom stereocenters. The fraction of sp³-hybridized carbons (Fsp3) is 0.407. The zero-order valence-electron chi connectivity index (χ0n) is 22.1. The molecular weight excluding hydrogens is 541 g/mol. The summed E-state index contributed by atoms with van der Waals surface area (Å²) in [6.07, 6.45) is 2.05. The molecule has 208 valence electrons. The van der Waals surface area contributed by atoms with Gasteiger partial charge in [-0.3, -0.25) is 4.52 Å². The van der Waals surface area contributed by atoms with E-state index in [2.05, 4.69) is 10.1 Å². The Bertz CT molecular complexity index is 1520. The van der Waals surface area contributed by atoms with E-state index >= 15 is 0 Å². The van der Waals surface area contributed by atoms with Crippen LogP contribution in [0.3, 0.4) is 0 Å². The van der Waals surface area contributed by atoms with Crippen LogP contribution in [0.25, 0.3) is 21.9 Å². The highest BCUT2D eigenvalue weighted by atomic mass is 35.5. The van der Waals surface area contributed by atoms with Crippen molar-refractivity contribution < 1.29 is 23.5 Å². The Labute approximate surface area is 232 Å². The number of ether oxygens (including phenoxy) is 1. The number of nitrogens with one attached hydrogen (secondary N) is 1. The first-order valence-corrected chi connectivity index (χ1v) is 14.9. The predicted octanol–water partition coefficient (Wildman–Crippen LogP) is 5.66. The van der Waals surface area contributed by atoms with Crippen LogP contribution in [0.1, 0.15) is 39.4 Å². The van der Waals surface area contributed by atoms with Gasteiger partial charge in [-0.05, 0) is 69.9 Å². The largest absolute Gasteiger partial charge is 0.461 e. The summed E-state index contributed by atoms with van der Waals surface area (Å²) in [5.41, 5.74) is 8.12. The number of pyridine rings is 1. The second-order valence-corrected chi connectivity index (χ2v) is 12.1. The first-order valence-electron chi connectivity index (χ1n) is 12.9. The molecule has 1 aliphatic rings. The van der Waals surface area contributed by atoms with E-state index in [-0.39, 0.29) is 25.0 Å². The van der Waals surface area contributed by atoms with Gasteiger partial charge in [-0.15, -0.1) is 0 Å². The smallest absolute Gasteiger partial charge is 0.413 e. The monoisotopic (exact) mass is 573 g/mol. The molecule has 0 saturated heterocycles. The number of fused-ring (bicyclic) bond motifs is 3. The SMILES string of the molecule is CCOCc1nc2c(N)nc3ccccc3c2n1CC(C)(O)OP(=O)(N[C@@H](C)C1CC1)Oc1ccc(Cl)cc1. The number of rotatable bonds is 12. The highest BCUT2D eigenvalue weighted by molar-refractivity contribution is 7.52. The minimum Gasteiger partial charge on any atom is -0.413 e. The molecule has 0 spiro atoms. The van der Waals surface area contributed by atoms with Crippen LogP contribution >= 0.6 is 19.3 Å². The van der Waals surface area contributed by atoms with E-state index in [0.717, 1.165) is 18.2 Å². The molecule has 4 N–H and O–H groups in total. The number of aliphatic hydroxyl groups is 1. The van der Waals surface area contributed by atoms with Crippen molar-refractivity contribution >= 4 is 47.1 Å². The number of hydrogen-bond donors (Lipinski definition) is 3. The Morgan fingerprint density at radius 2 is 1.95 bits per heavy atom. The number of nitrogens with two attached hydrogens (primary N) is 1. The van der Waals surface area contributed by atoms with Crippen LogP contribution in [0.4, 0.5) is 5.82 Å². The predicted molar refractivity (Wildman–Crippen MR) is 151 cm³/mol. The molecular formula is C27H33ClN5O5P. The lowest BCUT2D eigenvalue weighted by Crippen LogP contribution is -2.38. The first-order chi connectivity index (χ1) is 18.6. The zero-order valence-corrected chi connectivity index (χ0v) is 23.8. The van der Waals surface area contributed by atoms with Gasteiger partial charge in [-0.25, -0.2) is 19.6 Å². The van der Waals surface area contributed by atoms with E-state index in [0.29, 0.717) is 45.7 Å². The number of nitrogens with zero attached hydrogens (tertiary/aromatic N) is 3. The Morgan fingerprint density at radius 1 is 1.23 bits per heavy atom. The van der Waals surface area contributed by atoms with Gasteiger partial charge in [0.2, 0.25) is 0 Å². The maximum Gasteiger partial charge on any atom is 0.461 e. The lowest BCUT2D eigenvalue weighted by Gasteiger charge is -2.31. The third-order valence-electron chi connectivity index (χ3n) is 6.62. The van der Waals surface area contributed by atoms with Crippen molar-refractivity contribution in [1.82, 2.24) is 19.6 Å². The number of anilines is 1. The number of nitrogen functional groups attached to an aromatic ring is 1. The Morgan fingerprint density at radius 3 is 2.64 bits per heavy atom. The summed E-state index contributed by atoms with van der Waals surface area (Å²) in [7, 11) is -4.07. The summed E-state index contributed by atoms with van der Waals surface area (Å²) in [5.74, 6) is -0.515. The van der Waals surface area contributed by atoms with Crippen LogP contribution in [-0.4, -0.2) is 38.1 Å². The van der Waals surface area contributed by atoms with Crippen molar-refractivity contribution in [1.29, 1.82) is 0 Å². The molecule has 2 aromatic carbocycles. The number of benzene rings is 2. The quantitative estimate of drug-likeness (QED) is 0.145. The van der Waals surface area contributed by atoms with Gasteiger partial charge in [-0.2, -0.15) is 0 Å². The molecule has 0 bridgehead atoms. The van der Waals surface area contributed by atoms with Gasteiger partial charge in [0.05, 0.1) is 17.6 Å². The van der Waals surface area contributed by atoms with Crippen LogP contribution in [0.2, 0.25) is 5.02 Å². The van der Waals surface area contributed by atoms with Crippen LogP contribution in [0.5, 0.6) is 5.75 Å². The lowest BCUT2D eigenvalue weighted by atomic mass is 10.2. The minimum atomic E-state index is -4.07. The van der Waals surface area contributed by atoms with Crippen molar-refractivity contribution in [3.05, 3.63) is 59.4 Å². The lowest BCUT2D eigenvalue weighted by molar-refractivity contribution is -0.137. The molecule has 39 heavy (non-hydrogen) atoms. The maximum atomic E-state index is 14.1. The molecule has 3 atom stereocenters. The summed E-state index contributed by atoms with van der Waals surface area (Å²) in [4.78, 5) is 9.18. The van der Waals surface area contributed by atoms with E-state index in [1.807, 2.05) is 38.1 Å². The third-order valence-corrected chi connectivity index (χ3v) is 8.68. The maximum absolute atomic E-state index is 14.1. The van der Waals surface area contributed by atoms with Crippen molar-refractivity contribution in [3.63, 3.8) is 0 Å². The van der Waals surface area contributed by atoms with Gasteiger partial charge < -0.3 is 24.7 Å². The van der Waals surface area contributed by atoms with Gasteiger partial charge in [-0.1, -0.05) is 29.8 Å². The first kappa shape index (κ1) is 27.8. The molecule has 2 aromatic heterocycles. The molecule has 0 amide bonds. The standard InChI is InChI=1S/C27H33ClN5O5P/c1-4-36-15-23-31-24-25(21-7-5-6-8-22(21)30-26(24)29)33(23)16-27(3,34)38-39(35,32-17(2)18-9-10-18)37-20-13-11-19(28)12-14-20/h5-8,11-14,17-18,34H,4,9-10,15-16H2,1-3H3,(H2,29,30)(H,32,35)/t17-,27?,39?/m0/s1. The molecule has 12 heteroatoms. The van der Waals surface area contributed by atoms with Crippen LogP contribution in [0, 0.1) is 5.92 Å². The number of para-hydroxylation sites is 1. The summed E-state index contributed by atoms with van der Waals surface area (Å²) in [6, 6.07) is 13.9. The summed E-state index contributed by atoms with van der Waals surface area (Å²) in [5, 5.41) is 15.9. The van der Waals surface area contributed by atoms with Crippen molar-refractivity contribution in [3.8, 4) is 5.75 Å². The zero-order chi connectivity index (χ0) is 27.8. The van der Waals surface area contributed by atoms with E-state index < -0.39 is 13.5 Å². The molecule has 5 rings (SSSR count). The number of imidazole rings is 1. The van der Waals surface area contributed by atoms with Crippen molar-refractivity contribution in [2.45, 2.75) is 58.6 Å². The average molecular weight is 574 g/mol. The van der Waals surface area contributed by atoms with Crippen LogP contribution in [0.15, 0.2) is 48.5 Å². The fourth-order valence-corrected chi connectivity index (χ4v) is 6.57. The Hall–Kier alpha value is -2.72. The van der Waals surface area contributed by atoms with Gasteiger partial charge in [0.1, 0.15) is 23.7 Å². The van der Waals surface area contributed by atoms with E-state index in [9.17, 15) is 9.67 Å². The van der Waals surface area contributed by atoms with Gasteiger partial charge in [0.25, 0.3) is 0 Å². The molecule has 10 nitrogen and oxygen atoms in total. The van der Waals surface area contributed by atoms with Gasteiger partial charge in [0, 0.05) is 23.1 Å². The molecule has 2 heterocycles. The third kappa shape index (κ3) is 6.38. The Kier molecular flexibility index (Phi) is 7.88. The number of hydrogen-bond acceptors (Lipinski definition) is 8. The Balaban J connectivity index is 1.52. The second-order valence-electron chi connectivity index (χ2n) is 10.0. The minimum absolute atomic E-state index is 0.132. The molecule has 1 aliphatic carbocycles. The summed E-state index contributed by atoms with van der Waals surface area (Å²) in [6.45, 7) is 5.76. The molecule has 0 radical (unpaired) electrons. The number of halogens is 1. The van der Waals surface area contributed by atoms with Crippen molar-refractivity contribution in [2.24, 2.45) is 5.92 Å². The molecule has 4 aromatic rings. The molecule has 1 fully saturated rings. The normalized spacial score (nSPS) is 17.7. The summed E-state index contributed by atoms with van der Waals surface area (Å²) >= 11 is 6.01. The van der Waals surface area contributed by atoms with Crippen LogP contribution in [-0.2, 0) is 27.0 Å². The summed E-state index contributed by atoms with van der Waals surface area (Å²) < 4.78 is 33.4.